The van der Waals surface area contributed by atoms with Crippen LogP contribution in [0.4, 0.5) is 0 Å². The van der Waals surface area contributed by atoms with Gasteiger partial charge in [-0.2, -0.15) is 0 Å². The molecule has 0 aromatic heterocycles. The van der Waals surface area contributed by atoms with Gasteiger partial charge in [-0.25, -0.2) is 0 Å². The van der Waals surface area contributed by atoms with Gasteiger partial charge in [-0.3, -0.25) is 0 Å². The third-order valence-electron chi connectivity index (χ3n) is 2.20. The second-order valence-corrected chi connectivity index (χ2v) is 3.93. The lowest BCUT2D eigenvalue weighted by atomic mass is 9.98. The van der Waals surface area contributed by atoms with Gasteiger partial charge in [0.2, 0.25) is 0 Å². The second kappa shape index (κ2) is 6.18. The summed E-state index contributed by atoms with van der Waals surface area (Å²) in [5.74, 6) is 0.589. The Balaban J connectivity index is 3.25. The number of nitrogens with two attached hydrogens (primary N) is 1. The predicted octanol–water partition coefficient (Wildman–Crippen LogP) is 2.57. The van der Waals surface area contributed by atoms with Crippen LogP contribution in [0.15, 0.2) is 0 Å². The molecule has 0 fully saturated rings. The molecule has 0 rings (SSSR count). The molecule has 0 aliphatic rings. The third kappa shape index (κ3) is 6.35. The summed E-state index contributed by atoms with van der Waals surface area (Å²) in [7, 11) is 0. The smallest absolute Gasteiger partial charge is 0.00618 e. The average molecular weight is 170 g/mol. The fourth-order valence-corrected chi connectivity index (χ4v) is 1.10. The van der Waals surface area contributed by atoms with E-state index in [1.54, 1.807) is 0 Å². The average Bonchev–Trinajstić information content (AvgIpc) is 1.97. The van der Waals surface area contributed by atoms with Crippen LogP contribution in [0.5, 0.6) is 0 Å². The van der Waals surface area contributed by atoms with Gasteiger partial charge in [-0.1, -0.05) is 20.3 Å². The molecular weight excluding hydrogens is 148 g/mol. The zero-order valence-electron chi connectivity index (χ0n) is 8.56. The molecule has 0 saturated heterocycles. The van der Waals surface area contributed by atoms with E-state index in [0.29, 0.717) is 12.0 Å². The standard InChI is InChI=1S/C10H22N2/c1-8(2)10(12)7-5-4-6-9(3)11/h8,10-11H,4-7,12H2,1-3H3. The largest absolute Gasteiger partial charge is 0.327 e. The van der Waals surface area contributed by atoms with Crippen LogP contribution in [0.2, 0.25) is 0 Å². The maximum absolute atomic E-state index is 7.23. The molecule has 0 aliphatic heterocycles. The molecule has 3 N–H and O–H groups in total. The van der Waals surface area contributed by atoms with Gasteiger partial charge < -0.3 is 11.1 Å². The molecule has 0 radical (unpaired) electrons. The van der Waals surface area contributed by atoms with Crippen molar-refractivity contribution in [2.45, 2.75) is 52.5 Å². The van der Waals surface area contributed by atoms with Crippen LogP contribution in [0.25, 0.3) is 0 Å². The first-order chi connectivity index (χ1) is 5.54. The SMILES string of the molecule is CC(=N)CCCCC(N)C(C)C. The highest BCUT2D eigenvalue weighted by atomic mass is 14.6. The van der Waals surface area contributed by atoms with Gasteiger partial charge in [0.15, 0.2) is 0 Å². The van der Waals surface area contributed by atoms with Crippen molar-refractivity contribution in [3.8, 4) is 0 Å². The summed E-state index contributed by atoms with van der Waals surface area (Å²) in [6, 6.07) is 0.344. The minimum atomic E-state index is 0.344. The zero-order chi connectivity index (χ0) is 9.56. The lowest BCUT2D eigenvalue weighted by Gasteiger charge is -2.14. The Morgan fingerprint density at radius 1 is 1.33 bits per heavy atom. The maximum Gasteiger partial charge on any atom is 0.00618 e. The Labute approximate surface area is 76.0 Å². The summed E-state index contributed by atoms with van der Waals surface area (Å²) in [5, 5.41) is 7.23. The van der Waals surface area contributed by atoms with E-state index >= 15 is 0 Å². The molecule has 0 spiro atoms. The number of nitrogens with one attached hydrogen (secondary N) is 1. The Bertz CT molecular complexity index is 130. The lowest BCUT2D eigenvalue weighted by Crippen LogP contribution is -2.25. The van der Waals surface area contributed by atoms with Crippen molar-refractivity contribution < 1.29 is 0 Å². The van der Waals surface area contributed by atoms with Gasteiger partial charge in [0.25, 0.3) is 0 Å². The Kier molecular flexibility index (Phi) is 5.99. The quantitative estimate of drug-likeness (QED) is 0.467. The first-order valence-corrected chi connectivity index (χ1v) is 4.83. The van der Waals surface area contributed by atoms with E-state index in [1.165, 1.54) is 0 Å². The van der Waals surface area contributed by atoms with Crippen LogP contribution in [0.3, 0.4) is 0 Å². The zero-order valence-corrected chi connectivity index (χ0v) is 8.56. The van der Waals surface area contributed by atoms with E-state index in [0.717, 1.165) is 31.4 Å². The summed E-state index contributed by atoms with van der Waals surface area (Å²) in [6.45, 7) is 6.18. The predicted molar refractivity (Wildman–Crippen MR) is 54.7 cm³/mol. The molecule has 0 aromatic carbocycles. The van der Waals surface area contributed by atoms with Crippen molar-refractivity contribution in [3.05, 3.63) is 0 Å². The van der Waals surface area contributed by atoms with Gasteiger partial charge in [0, 0.05) is 11.8 Å². The van der Waals surface area contributed by atoms with Crippen LogP contribution in [-0.2, 0) is 0 Å². The summed E-state index contributed by atoms with van der Waals surface area (Å²) in [6.07, 6.45) is 4.32. The van der Waals surface area contributed by atoms with Crippen molar-refractivity contribution in [1.82, 2.24) is 0 Å². The summed E-state index contributed by atoms with van der Waals surface area (Å²) in [4.78, 5) is 0. The fourth-order valence-electron chi connectivity index (χ4n) is 1.10. The summed E-state index contributed by atoms with van der Waals surface area (Å²) < 4.78 is 0. The Hall–Kier alpha value is -0.370. The molecule has 2 heteroatoms. The van der Waals surface area contributed by atoms with Gasteiger partial charge in [-0.05, 0) is 32.1 Å². The molecular formula is C10H22N2. The van der Waals surface area contributed by atoms with Crippen molar-refractivity contribution in [2.75, 3.05) is 0 Å². The van der Waals surface area contributed by atoms with Crippen LogP contribution in [-0.4, -0.2) is 11.8 Å². The fraction of sp³-hybridized carbons (Fsp3) is 0.900. The molecule has 0 saturated carbocycles. The van der Waals surface area contributed by atoms with Crippen molar-refractivity contribution in [1.29, 1.82) is 5.41 Å². The number of unbranched alkanes of at least 4 members (excludes halogenated alkanes) is 1. The van der Waals surface area contributed by atoms with E-state index in [1.807, 2.05) is 6.92 Å². The van der Waals surface area contributed by atoms with Crippen LogP contribution >= 0.6 is 0 Å². The minimum Gasteiger partial charge on any atom is -0.327 e. The van der Waals surface area contributed by atoms with E-state index in [-0.39, 0.29) is 0 Å². The Morgan fingerprint density at radius 2 is 1.92 bits per heavy atom. The third-order valence-corrected chi connectivity index (χ3v) is 2.20. The first kappa shape index (κ1) is 11.6. The second-order valence-electron chi connectivity index (χ2n) is 3.93. The molecule has 0 bridgehead atoms. The van der Waals surface area contributed by atoms with Crippen LogP contribution in [0, 0.1) is 11.3 Å². The topological polar surface area (TPSA) is 49.9 Å². The molecule has 1 unspecified atom stereocenters. The maximum atomic E-state index is 7.23. The Morgan fingerprint density at radius 3 is 2.33 bits per heavy atom. The van der Waals surface area contributed by atoms with Gasteiger partial charge >= 0.3 is 0 Å². The van der Waals surface area contributed by atoms with E-state index in [4.69, 9.17) is 11.1 Å². The highest BCUT2D eigenvalue weighted by molar-refractivity contribution is 5.78. The lowest BCUT2D eigenvalue weighted by molar-refractivity contribution is 0.447. The summed E-state index contributed by atoms with van der Waals surface area (Å²) in [5.41, 5.74) is 6.66. The first-order valence-electron chi connectivity index (χ1n) is 4.83. The molecule has 72 valence electrons. The molecule has 1 atom stereocenters. The van der Waals surface area contributed by atoms with Crippen molar-refractivity contribution >= 4 is 5.71 Å². The minimum absolute atomic E-state index is 0.344. The molecule has 0 heterocycles. The summed E-state index contributed by atoms with van der Waals surface area (Å²) >= 11 is 0. The van der Waals surface area contributed by atoms with E-state index in [2.05, 4.69) is 13.8 Å². The highest BCUT2D eigenvalue weighted by Crippen LogP contribution is 2.08. The van der Waals surface area contributed by atoms with Gasteiger partial charge in [0.1, 0.15) is 0 Å². The molecule has 2 nitrogen and oxygen atoms in total. The normalized spacial score (nSPS) is 13.4. The number of hydrogen-bond acceptors (Lipinski definition) is 2. The number of rotatable bonds is 6. The van der Waals surface area contributed by atoms with Crippen LogP contribution in [0.1, 0.15) is 46.5 Å². The van der Waals surface area contributed by atoms with Gasteiger partial charge in [-0.15, -0.1) is 0 Å². The monoisotopic (exact) mass is 170 g/mol. The molecule has 12 heavy (non-hydrogen) atoms. The number of hydrogen-bond donors (Lipinski definition) is 2. The molecule has 0 aliphatic carbocycles. The highest BCUT2D eigenvalue weighted by Gasteiger charge is 2.06. The molecule has 0 aromatic rings. The van der Waals surface area contributed by atoms with Crippen LogP contribution < -0.4 is 5.73 Å². The van der Waals surface area contributed by atoms with E-state index < -0.39 is 0 Å². The van der Waals surface area contributed by atoms with Crippen molar-refractivity contribution in [2.24, 2.45) is 11.7 Å². The van der Waals surface area contributed by atoms with Crippen molar-refractivity contribution in [3.63, 3.8) is 0 Å². The molecule has 0 amide bonds. The van der Waals surface area contributed by atoms with Gasteiger partial charge in [0.05, 0.1) is 0 Å². The van der Waals surface area contributed by atoms with E-state index in [9.17, 15) is 0 Å².